The van der Waals surface area contributed by atoms with Gasteiger partial charge in [0, 0.05) is 18.9 Å². The predicted octanol–water partition coefficient (Wildman–Crippen LogP) is 1.40. The fraction of sp³-hybridized carbons (Fsp3) is 0.500. The van der Waals surface area contributed by atoms with Crippen LogP contribution < -0.4 is 0 Å². The summed E-state index contributed by atoms with van der Waals surface area (Å²) < 4.78 is 0. The average molecular weight is 236 g/mol. The van der Waals surface area contributed by atoms with Gasteiger partial charge in [-0.2, -0.15) is 0 Å². The zero-order valence-corrected chi connectivity index (χ0v) is 9.77. The van der Waals surface area contributed by atoms with Crippen LogP contribution in [-0.4, -0.2) is 39.5 Å². The van der Waals surface area contributed by atoms with Gasteiger partial charge in [-0.25, -0.2) is 4.79 Å². The van der Waals surface area contributed by atoms with Crippen molar-refractivity contribution in [1.29, 1.82) is 0 Å². The lowest BCUT2D eigenvalue weighted by Gasteiger charge is -2.32. The molecule has 0 saturated carbocycles. The number of nitrogens with one attached hydrogen (secondary N) is 1. The van der Waals surface area contributed by atoms with Crippen LogP contribution in [0.3, 0.4) is 0 Å². The van der Waals surface area contributed by atoms with Gasteiger partial charge in [0.2, 0.25) is 0 Å². The Morgan fingerprint density at radius 3 is 2.76 bits per heavy atom. The highest BCUT2D eigenvalue weighted by molar-refractivity contribution is 5.97. The minimum Gasteiger partial charge on any atom is -0.480 e. The van der Waals surface area contributed by atoms with Gasteiger partial charge >= 0.3 is 5.97 Å². The number of likely N-dealkylation sites (tertiary alicyclic amines) is 1. The van der Waals surface area contributed by atoms with E-state index in [0.29, 0.717) is 18.5 Å². The molecule has 17 heavy (non-hydrogen) atoms. The summed E-state index contributed by atoms with van der Waals surface area (Å²) in [5.74, 6) is -1.10. The second-order valence-electron chi connectivity index (χ2n) is 4.40. The molecule has 92 valence electrons. The summed E-state index contributed by atoms with van der Waals surface area (Å²) in [5.41, 5.74) is 1.42. The van der Waals surface area contributed by atoms with Crippen LogP contribution >= 0.6 is 0 Å². The molecule has 2 heterocycles. The summed E-state index contributed by atoms with van der Waals surface area (Å²) in [7, 11) is 0. The SMILES string of the molecule is Cc1c[nH]cc1C(=O)N1CCCCC1C(=O)O. The van der Waals surface area contributed by atoms with Gasteiger partial charge in [-0.1, -0.05) is 0 Å². The van der Waals surface area contributed by atoms with Crippen molar-refractivity contribution in [3.63, 3.8) is 0 Å². The van der Waals surface area contributed by atoms with Crippen LogP contribution in [0.2, 0.25) is 0 Å². The normalized spacial score (nSPS) is 20.3. The first-order chi connectivity index (χ1) is 8.11. The van der Waals surface area contributed by atoms with Crippen molar-refractivity contribution >= 4 is 11.9 Å². The molecule has 0 aromatic carbocycles. The maximum Gasteiger partial charge on any atom is 0.326 e. The number of hydrogen-bond donors (Lipinski definition) is 2. The van der Waals surface area contributed by atoms with Crippen molar-refractivity contribution in [3.8, 4) is 0 Å². The molecule has 0 radical (unpaired) electrons. The fourth-order valence-corrected chi connectivity index (χ4v) is 2.26. The molecule has 1 aromatic heterocycles. The first kappa shape index (κ1) is 11.7. The van der Waals surface area contributed by atoms with Gasteiger partial charge in [-0.05, 0) is 31.7 Å². The molecule has 0 spiro atoms. The van der Waals surface area contributed by atoms with Crippen molar-refractivity contribution < 1.29 is 14.7 Å². The number of aryl methyl sites for hydroxylation is 1. The second-order valence-corrected chi connectivity index (χ2v) is 4.40. The number of carbonyl (C=O) groups excluding carboxylic acids is 1. The molecule has 0 bridgehead atoms. The Bertz CT molecular complexity index is 439. The number of carboxylic acid groups (broad SMARTS) is 1. The predicted molar refractivity (Wildman–Crippen MR) is 61.8 cm³/mol. The molecule has 2 N–H and O–H groups in total. The zero-order valence-electron chi connectivity index (χ0n) is 9.77. The highest BCUT2D eigenvalue weighted by Gasteiger charge is 2.32. The molecule has 1 saturated heterocycles. The van der Waals surface area contributed by atoms with Crippen LogP contribution in [0.15, 0.2) is 12.4 Å². The summed E-state index contributed by atoms with van der Waals surface area (Å²) in [4.78, 5) is 27.7. The number of carbonyl (C=O) groups is 2. The number of H-pyrrole nitrogens is 1. The van der Waals surface area contributed by atoms with Crippen molar-refractivity contribution in [2.75, 3.05) is 6.54 Å². The Morgan fingerprint density at radius 2 is 2.18 bits per heavy atom. The molecule has 1 aromatic rings. The number of aromatic nitrogens is 1. The Labute approximate surface area is 99.4 Å². The van der Waals surface area contributed by atoms with Crippen molar-refractivity contribution in [1.82, 2.24) is 9.88 Å². The fourth-order valence-electron chi connectivity index (χ4n) is 2.26. The molecule has 5 heteroatoms. The number of carboxylic acids is 1. The quantitative estimate of drug-likeness (QED) is 0.815. The Morgan fingerprint density at radius 1 is 1.41 bits per heavy atom. The van der Waals surface area contributed by atoms with Gasteiger partial charge < -0.3 is 15.0 Å². The summed E-state index contributed by atoms with van der Waals surface area (Å²) in [6.07, 6.45) is 5.66. The van der Waals surface area contributed by atoms with E-state index in [1.165, 1.54) is 4.90 Å². The molecular formula is C12H16N2O3. The molecule has 1 aliphatic rings. The third-order valence-electron chi connectivity index (χ3n) is 3.23. The van der Waals surface area contributed by atoms with E-state index in [1.54, 1.807) is 12.4 Å². The molecule has 1 amide bonds. The third-order valence-corrected chi connectivity index (χ3v) is 3.23. The molecule has 0 aliphatic carbocycles. The molecular weight excluding hydrogens is 220 g/mol. The smallest absolute Gasteiger partial charge is 0.326 e. The highest BCUT2D eigenvalue weighted by Crippen LogP contribution is 2.21. The van der Waals surface area contributed by atoms with Gasteiger partial charge in [0.25, 0.3) is 5.91 Å². The van der Waals surface area contributed by atoms with Crippen molar-refractivity contribution in [2.24, 2.45) is 0 Å². The monoisotopic (exact) mass is 236 g/mol. The highest BCUT2D eigenvalue weighted by atomic mass is 16.4. The van der Waals surface area contributed by atoms with E-state index in [-0.39, 0.29) is 5.91 Å². The van der Waals surface area contributed by atoms with Gasteiger partial charge in [0.1, 0.15) is 6.04 Å². The lowest BCUT2D eigenvalue weighted by Crippen LogP contribution is -2.48. The number of aliphatic carboxylic acids is 1. The van der Waals surface area contributed by atoms with E-state index in [1.807, 2.05) is 6.92 Å². The number of nitrogens with zero attached hydrogens (tertiary/aromatic N) is 1. The van der Waals surface area contributed by atoms with Crippen LogP contribution in [0.4, 0.5) is 0 Å². The maximum absolute atomic E-state index is 12.2. The van der Waals surface area contributed by atoms with E-state index < -0.39 is 12.0 Å². The number of rotatable bonds is 2. The van der Waals surface area contributed by atoms with Gasteiger partial charge in [0.15, 0.2) is 0 Å². The van der Waals surface area contributed by atoms with E-state index in [4.69, 9.17) is 5.11 Å². The van der Waals surface area contributed by atoms with Crippen molar-refractivity contribution in [3.05, 3.63) is 23.5 Å². The number of hydrogen-bond acceptors (Lipinski definition) is 2. The standard InChI is InChI=1S/C12H16N2O3/c1-8-6-13-7-9(8)11(15)14-5-3-2-4-10(14)12(16)17/h6-7,10,13H,2-5H2,1H3,(H,16,17). The minimum atomic E-state index is -0.911. The number of amides is 1. The van der Waals surface area contributed by atoms with Gasteiger partial charge in [0.05, 0.1) is 5.56 Å². The second kappa shape index (κ2) is 4.61. The molecule has 2 rings (SSSR count). The lowest BCUT2D eigenvalue weighted by atomic mass is 10.0. The van der Waals surface area contributed by atoms with Gasteiger partial charge in [-0.3, -0.25) is 4.79 Å². The average Bonchev–Trinajstić information content (AvgIpc) is 2.74. The van der Waals surface area contributed by atoms with Crippen LogP contribution in [0.1, 0.15) is 35.2 Å². The van der Waals surface area contributed by atoms with E-state index in [2.05, 4.69) is 4.98 Å². The molecule has 5 nitrogen and oxygen atoms in total. The first-order valence-corrected chi connectivity index (χ1v) is 5.78. The summed E-state index contributed by atoms with van der Waals surface area (Å²) in [6.45, 7) is 2.36. The van der Waals surface area contributed by atoms with Gasteiger partial charge in [-0.15, -0.1) is 0 Å². The summed E-state index contributed by atoms with van der Waals surface area (Å²) in [6, 6.07) is -0.675. The molecule has 1 fully saturated rings. The zero-order chi connectivity index (χ0) is 12.4. The van der Waals surface area contributed by atoms with Crippen LogP contribution in [0, 0.1) is 6.92 Å². The van der Waals surface area contributed by atoms with E-state index in [0.717, 1.165) is 18.4 Å². The van der Waals surface area contributed by atoms with Crippen LogP contribution in [0.25, 0.3) is 0 Å². The summed E-state index contributed by atoms with van der Waals surface area (Å²) >= 11 is 0. The van der Waals surface area contributed by atoms with Crippen LogP contribution in [-0.2, 0) is 4.79 Å². The minimum absolute atomic E-state index is 0.184. The largest absolute Gasteiger partial charge is 0.480 e. The topological polar surface area (TPSA) is 73.4 Å². The Kier molecular flexibility index (Phi) is 3.17. The van der Waals surface area contributed by atoms with Crippen molar-refractivity contribution in [2.45, 2.75) is 32.2 Å². The summed E-state index contributed by atoms with van der Waals surface area (Å²) in [5, 5.41) is 9.12. The van der Waals surface area contributed by atoms with E-state index in [9.17, 15) is 9.59 Å². The van der Waals surface area contributed by atoms with E-state index >= 15 is 0 Å². The molecule has 1 aliphatic heterocycles. The number of aromatic amines is 1. The Balaban J connectivity index is 2.23. The molecule has 1 atom stereocenters. The lowest BCUT2D eigenvalue weighted by molar-refractivity contribution is -0.143. The first-order valence-electron chi connectivity index (χ1n) is 5.78. The molecule has 1 unspecified atom stereocenters. The number of piperidine rings is 1. The maximum atomic E-state index is 12.2. The van der Waals surface area contributed by atoms with Crippen LogP contribution in [0.5, 0.6) is 0 Å². The Hall–Kier alpha value is -1.78. The third kappa shape index (κ3) is 2.18.